The quantitative estimate of drug-likeness (QED) is 0.251. The SMILES string of the molecule is COc1cccc(OC)c1C(=O)Nc1ccc(SC(C)C(=O)Nc2ccc([N+](=O)[O-])cc2)cc1. The van der Waals surface area contributed by atoms with Gasteiger partial charge in [0, 0.05) is 28.4 Å². The molecule has 0 bridgehead atoms. The number of nitro benzene ring substituents is 1. The first-order valence-electron chi connectivity index (χ1n) is 10.2. The van der Waals surface area contributed by atoms with Gasteiger partial charge in [0.2, 0.25) is 5.91 Å². The zero-order valence-corrected chi connectivity index (χ0v) is 19.5. The number of hydrogen-bond donors (Lipinski definition) is 2. The van der Waals surface area contributed by atoms with Crippen LogP contribution in [0.1, 0.15) is 17.3 Å². The van der Waals surface area contributed by atoms with Crippen molar-refractivity contribution in [3.63, 3.8) is 0 Å². The molecule has 3 rings (SSSR count). The van der Waals surface area contributed by atoms with E-state index >= 15 is 0 Å². The Bertz CT molecular complexity index is 1160. The van der Waals surface area contributed by atoms with Gasteiger partial charge in [0.15, 0.2) is 0 Å². The summed E-state index contributed by atoms with van der Waals surface area (Å²) >= 11 is 1.34. The molecule has 1 atom stereocenters. The van der Waals surface area contributed by atoms with Crippen molar-refractivity contribution in [2.75, 3.05) is 24.9 Å². The number of anilines is 2. The summed E-state index contributed by atoms with van der Waals surface area (Å²) in [5.41, 5.74) is 1.30. The van der Waals surface area contributed by atoms with Crippen LogP contribution in [-0.4, -0.2) is 36.2 Å². The fourth-order valence-corrected chi connectivity index (χ4v) is 3.92. The zero-order chi connectivity index (χ0) is 24.7. The van der Waals surface area contributed by atoms with E-state index in [1.54, 1.807) is 49.4 Å². The van der Waals surface area contributed by atoms with E-state index in [0.717, 1.165) is 4.90 Å². The van der Waals surface area contributed by atoms with Crippen LogP contribution in [0.3, 0.4) is 0 Å². The molecule has 0 spiro atoms. The number of benzene rings is 3. The largest absolute Gasteiger partial charge is 0.496 e. The van der Waals surface area contributed by atoms with Crippen molar-refractivity contribution in [2.45, 2.75) is 17.1 Å². The number of methoxy groups -OCH3 is 2. The third kappa shape index (κ3) is 6.04. The van der Waals surface area contributed by atoms with Crippen LogP contribution in [-0.2, 0) is 4.79 Å². The van der Waals surface area contributed by atoms with Crippen LogP contribution < -0.4 is 20.1 Å². The van der Waals surface area contributed by atoms with Crippen molar-refractivity contribution >= 4 is 40.6 Å². The highest BCUT2D eigenvalue weighted by atomic mass is 32.2. The Morgan fingerprint density at radius 2 is 1.41 bits per heavy atom. The van der Waals surface area contributed by atoms with Crippen molar-refractivity contribution in [1.29, 1.82) is 0 Å². The van der Waals surface area contributed by atoms with Crippen molar-refractivity contribution in [2.24, 2.45) is 0 Å². The number of amides is 2. The number of carbonyl (C=O) groups excluding carboxylic acids is 2. The van der Waals surface area contributed by atoms with Gasteiger partial charge in [0.05, 0.1) is 24.4 Å². The third-order valence-corrected chi connectivity index (χ3v) is 5.91. The predicted octanol–water partition coefficient (Wildman–Crippen LogP) is 4.98. The van der Waals surface area contributed by atoms with Crippen LogP contribution in [0.5, 0.6) is 11.5 Å². The monoisotopic (exact) mass is 481 g/mol. The second kappa shape index (κ2) is 11.2. The molecular formula is C24H23N3O6S. The van der Waals surface area contributed by atoms with Crippen molar-refractivity contribution in [3.8, 4) is 11.5 Å². The summed E-state index contributed by atoms with van der Waals surface area (Å²) in [6.07, 6.45) is 0. The van der Waals surface area contributed by atoms with Crippen molar-refractivity contribution < 1.29 is 24.0 Å². The molecule has 0 aliphatic heterocycles. The smallest absolute Gasteiger partial charge is 0.269 e. The Kier molecular flexibility index (Phi) is 8.10. The van der Waals surface area contributed by atoms with Gasteiger partial charge in [-0.3, -0.25) is 19.7 Å². The van der Waals surface area contributed by atoms with E-state index in [9.17, 15) is 19.7 Å². The van der Waals surface area contributed by atoms with Crippen LogP contribution >= 0.6 is 11.8 Å². The lowest BCUT2D eigenvalue weighted by atomic mass is 10.1. The zero-order valence-electron chi connectivity index (χ0n) is 18.7. The fourth-order valence-electron chi connectivity index (χ4n) is 3.05. The highest BCUT2D eigenvalue weighted by molar-refractivity contribution is 8.00. The molecule has 1 unspecified atom stereocenters. The predicted molar refractivity (Wildman–Crippen MR) is 131 cm³/mol. The highest BCUT2D eigenvalue weighted by Gasteiger charge is 2.19. The normalized spacial score (nSPS) is 11.3. The van der Waals surface area contributed by atoms with E-state index in [1.165, 1.54) is 50.2 Å². The molecule has 0 aliphatic rings. The standard InChI is InChI=1S/C24H23N3O6S/c1-15(23(28)25-16-7-11-18(12-8-16)27(30)31)34-19-13-9-17(10-14-19)26-24(29)22-20(32-2)5-4-6-21(22)33-3/h4-15H,1-3H3,(H,25,28)(H,26,29). The Labute approximate surface area is 200 Å². The van der Waals surface area contributed by atoms with E-state index in [4.69, 9.17) is 9.47 Å². The van der Waals surface area contributed by atoms with Crippen LogP contribution in [0.4, 0.5) is 17.1 Å². The summed E-state index contributed by atoms with van der Waals surface area (Å²) in [6.45, 7) is 1.76. The maximum Gasteiger partial charge on any atom is 0.269 e. The van der Waals surface area contributed by atoms with E-state index in [2.05, 4.69) is 10.6 Å². The number of rotatable bonds is 9. The maximum atomic E-state index is 12.8. The number of carbonyl (C=O) groups is 2. The summed E-state index contributed by atoms with van der Waals surface area (Å²) in [5.74, 6) is 0.193. The van der Waals surface area contributed by atoms with Gasteiger partial charge >= 0.3 is 0 Å². The molecule has 0 aliphatic carbocycles. The summed E-state index contributed by atoms with van der Waals surface area (Å²) in [7, 11) is 2.97. The lowest BCUT2D eigenvalue weighted by Gasteiger charge is -2.14. The summed E-state index contributed by atoms with van der Waals surface area (Å²) in [5, 5.41) is 15.9. The van der Waals surface area contributed by atoms with Gasteiger partial charge in [0.25, 0.3) is 11.6 Å². The molecule has 3 aromatic carbocycles. The summed E-state index contributed by atoms with van der Waals surface area (Å²) in [6, 6.07) is 17.8. The number of thioether (sulfide) groups is 1. The first kappa shape index (κ1) is 24.6. The Hall–Kier alpha value is -4.05. The fraction of sp³-hybridized carbons (Fsp3) is 0.167. The minimum absolute atomic E-state index is 0.0447. The van der Waals surface area contributed by atoms with Gasteiger partial charge in [-0.25, -0.2) is 0 Å². The van der Waals surface area contributed by atoms with E-state index < -0.39 is 10.2 Å². The minimum Gasteiger partial charge on any atom is -0.496 e. The second-order valence-corrected chi connectivity index (χ2v) is 8.48. The first-order chi connectivity index (χ1) is 16.3. The molecule has 34 heavy (non-hydrogen) atoms. The lowest BCUT2D eigenvalue weighted by Crippen LogP contribution is -2.22. The molecule has 9 nitrogen and oxygen atoms in total. The summed E-state index contributed by atoms with van der Waals surface area (Å²) < 4.78 is 10.6. The van der Waals surface area contributed by atoms with Gasteiger partial charge in [-0.1, -0.05) is 6.07 Å². The molecule has 0 fully saturated rings. The Morgan fingerprint density at radius 3 is 1.94 bits per heavy atom. The molecule has 0 saturated heterocycles. The van der Waals surface area contributed by atoms with Gasteiger partial charge < -0.3 is 20.1 Å². The lowest BCUT2D eigenvalue weighted by molar-refractivity contribution is -0.384. The number of non-ortho nitro benzene ring substituents is 1. The third-order valence-electron chi connectivity index (χ3n) is 4.79. The number of ether oxygens (including phenoxy) is 2. The number of nitrogens with one attached hydrogen (secondary N) is 2. The minimum atomic E-state index is -0.497. The molecule has 176 valence electrons. The molecule has 3 aromatic rings. The Morgan fingerprint density at radius 1 is 0.882 bits per heavy atom. The average Bonchev–Trinajstić information content (AvgIpc) is 2.84. The second-order valence-electron chi connectivity index (χ2n) is 7.07. The van der Waals surface area contributed by atoms with Crippen LogP contribution in [0, 0.1) is 10.1 Å². The maximum absolute atomic E-state index is 12.8. The highest BCUT2D eigenvalue weighted by Crippen LogP contribution is 2.30. The summed E-state index contributed by atoms with van der Waals surface area (Å²) in [4.78, 5) is 36.3. The van der Waals surface area contributed by atoms with E-state index in [0.29, 0.717) is 28.4 Å². The van der Waals surface area contributed by atoms with Crippen LogP contribution in [0.15, 0.2) is 71.6 Å². The van der Waals surface area contributed by atoms with Gasteiger partial charge in [0.1, 0.15) is 17.1 Å². The molecule has 0 heterocycles. The number of hydrogen-bond acceptors (Lipinski definition) is 7. The number of nitro groups is 1. The van der Waals surface area contributed by atoms with Gasteiger partial charge in [-0.15, -0.1) is 11.8 Å². The van der Waals surface area contributed by atoms with Crippen LogP contribution in [0.2, 0.25) is 0 Å². The molecular weight excluding hydrogens is 458 g/mol. The average molecular weight is 482 g/mol. The molecule has 0 radical (unpaired) electrons. The first-order valence-corrected chi connectivity index (χ1v) is 11.0. The number of nitrogens with zero attached hydrogens (tertiary/aromatic N) is 1. The van der Waals surface area contributed by atoms with Crippen molar-refractivity contribution in [3.05, 3.63) is 82.4 Å². The van der Waals surface area contributed by atoms with E-state index in [-0.39, 0.29) is 17.5 Å². The van der Waals surface area contributed by atoms with Crippen LogP contribution in [0.25, 0.3) is 0 Å². The molecule has 0 aromatic heterocycles. The Balaban J connectivity index is 1.60. The van der Waals surface area contributed by atoms with Gasteiger partial charge in [-0.2, -0.15) is 0 Å². The van der Waals surface area contributed by atoms with E-state index in [1.807, 2.05) is 0 Å². The topological polar surface area (TPSA) is 120 Å². The molecule has 10 heteroatoms. The molecule has 0 saturated carbocycles. The van der Waals surface area contributed by atoms with Gasteiger partial charge in [-0.05, 0) is 55.5 Å². The molecule has 2 N–H and O–H groups in total. The van der Waals surface area contributed by atoms with Crippen molar-refractivity contribution in [1.82, 2.24) is 0 Å². The molecule has 2 amide bonds.